The molecule has 132 valence electrons. The van der Waals surface area contributed by atoms with Gasteiger partial charge in [-0.1, -0.05) is 36.4 Å². The van der Waals surface area contributed by atoms with E-state index in [9.17, 15) is 4.79 Å². The van der Waals surface area contributed by atoms with Crippen molar-refractivity contribution in [3.8, 4) is 11.5 Å². The van der Waals surface area contributed by atoms with E-state index in [1.54, 1.807) is 13.3 Å². The predicted molar refractivity (Wildman–Crippen MR) is 97.6 cm³/mol. The van der Waals surface area contributed by atoms with Gasteiger partial charge in [-0.2, -0.15) is 15.2 Å². The molecule has 0 atom stereocenters. The van der Waals surface area contributed by atoms with Gasteiger partial charge in [0.05, 0.1) is 19.5 Å². The van der Waals surface area contributed by atoms with E-state index in [2.05, 4.69) is 25.7 Å². The molecule has 3 aromatic rings. The maximum absolute atomic E-state index is 11.1. The molecule has 1 aromatic heterocycles. The molecular formula is C18H17N5O3. The van der Waals surface area contributed by atoms with Crippen LogP contribution in [0.2, 0.25) is 0 Å². The highest BCUT2D eigenvalue weighted by Gasteiger charge is 2.09. The highest BCUT2D eigenvalue weighted by Crippen LogP contribution is 2.30. The summed E-state index contributed by atoms with van der Waals surface area (Å²) in [5, 5.41) is 9.91. The number of rotatable bonds is 7. The zero-order valence-electron chi connectivity index (χ0n) is 14.0. The Morgan fingerprint density at radius 3 is 2.81 bits per heavy atom. The van der Waals surface area contributed by atoms with Crippen molar-refractivity contribution >= 4 is 12.0 Å². The van der Waals surface area contributed by atoms with Crippen LogP contribution in [-0.2, 0) is 6.61 Å². The van der Waals surface area contributed by atoms with Gasteiger partial charge in [-0.3, -0.25) is 5.43 Å². The highest BCUT2D eigenvalue weighted by molar-refractivity contribution is 5.85. The summed E-state index contributed by atoms with van der Waals surface area (Å²) < 4.78 is 11.3. The summed E-state index contributed by atoms with van der Waals surface area (Å²) in [6, 6.07) is 15.3. The Kier molecular flexibility index (Phi) is 5.56. The molecule has 8 heteroatoms. The van der Waals surface area contributed by atoms with E-state index in [0.717, 1.165) is 5.56 Å². The second-order valence-corrected chi connectivity index (χ2v) is 5.20. The van der Waals surface area contributed by atoms with Gasteiger partial charge in [0.1, 0.15) is 6.61 Å². The SMILES string of the molecule is COc1cccc(/C=N/Nc2cn[nH]c(=O)n2)c1OCc1ccccc1. The van der Waals surface area contributed by atoms with E-state index in [0.29, 0.717) is 23.7 Å². The number of hydrogen-bond acceptors (Lipinski definition) is 7. The van der Waals surface area contributed by atoms with Crippen molar-refractivity contribution in [1.29, 1.82) is 0 Å². The summed E-state index contributed by atoms with van der Waals surface area (Å²) in [7, 11) is 1.58. The Morgan fingerprint density at radius 2 is 2.04 bits per heavy atom. The normalized spacial score (nSPS) is 10.7. The Labute approximate surface area is 149 Å². The van der Waals surface area contributed by atoms with E-state index in [4.69, 9.17) is 9.47 Å². The lowest BCUT2D eigenvalue weighted by Crippen LogP contribution is -2.13. The summed E-state index contributed by atoms with van der Waals surface area (Å²) in [5.41, 5.74) is 3.85. The lowest BCUT2D eigenvalue weighted by Gasteiger charge is -2.13. The smallest absolute Gasteiger partial charge is 0.363 e. The van der Waals surface area contributed by atoms with E-state index < -0.39 is 5.69 Å². The van der Waals surface area contributed by atoms with Crippen LogP contribution in [0, 0.1) is 0 Å². The Balaban J connectivity index is 1.77. The molecule has 0 saturated carbocycles. The minimum Gasteiger partial charge on any atom is -0.493 e. The quantitative estimate of drug-likeness (QED) is 0.500. The highest BCUT2D eigenvalue weighted by atomic mass is 16.5. The maximum Gasteiger partial charge on any atom is 0.363 e. The summed E-state index contributed by atoms with van der Waals surface area (Å²) >= 11 is 0. The Bertz CT molecular complexity index is 941. The molecule has 0 aliphatic carbocycles. The Hall–Kier alpha value is -3.68. The summed E-state index contributed by atoms with van der Waals surface area (Å²) in [4.78, 5) is 14.8. The number of hydrogen-bond donors (Lipinski definition) is 2. The molecule has 0 spiro atoms. The van der Waals surface area contributed by atoms with E-state index in [-0.39, 0.29) is 5.82 Å². The topological polar surface area (TPSA) is 101 Å². The molecule has 0 unspecified atom stereocenters. The van der Waals surface area contributed by atoms with Crippen molar-refractivity contribution in [3.05, 3.63) is 76.3 Å². The van der Waals surface area contributed by atoms with Gasteiger partial charge in [0, 0.05) is 5.56 Å². The van der Waals surface area contributed by atoms with Crippen molar-refractivity contribution in [2.45, 2.75) is 6.61 Å². The van der Waals surface area contributed by atoms with E-state index in [1.807, 2.05) is 48.5 Å². The zero-order valence-corrected chi connectivity index (χ0v) is 14.0. The number of anilines is 1. The number of nitrogens with zero attached hydrogens (tertiary/aromatic N) is 3. The van der Waals surface area contributed by atoms with Gasteiger partial charge in [0.2, 0.25) is 0 Å². The van der Waals surface area contributed by atoms with Crippen molar-refractivity contribution in [2.75, 3.05) is 12.5 Å². The molecule has 8 nitrogen and oxygen atoms in total. The average molecular weight is 351 g/mol. The molecule has 3 rings (SSSR count). The van der Waals surface area contributed by atoms with Crippen LogP contribution in [0.25, 0.3) is 0 Å². The van der Waals surface area contributed by atoms with Crippen LogP contribution in [0.3, 0.4) is 0 Å². The first-order chi connectivity index (χ1) is 12.8. The first-order valence-electron chi connectivity index (χ1n) is 7.81. The fourth-order valence-electron chi connectivity index (χ4n) is 2.21. The molecule has 0 saturated heterocycles. The summed E-state index contributed by atoms with van der Waals surface area (Å²) in [6.07, 6.45) is 2.92. The second kappa shape index (κ2) is 8.43. The van der Waals surface area contributed by atoms with Crippen molar-refractivity contribution in [2.24, 2.45) is 5.10 Å². The fraction of sp³-hybridized carbons (Fsp3) is 0.111. The average Bonchev–Trinajstić information content (AvgIpc) is 2.67. The van der Waals surface area contributed by atoms with Gasteiger partial charge >= 0.3 is 5.69 Å². The Morgan fingerprint density at radius 1 is 1.19 bits per heavy atom. The third kappa shape index (κ3) is 4.44. The first kappa shape index (κ1) is 17.2. The molecule has 2 aromatic carbocycles. The standard InChI is InChI=1S/C18H17N5O3/c1-25-15-9-5-8-14(10-19-22-16-11-20-23-18(24)21-16)17(15)26-12-13-6-3-2-4-7-13/h2-11H,12H2,1H3,(H2,21,22,23,24)/b19-10+. The minimum atomic E-state index is -0.557. The third-order valence-electron chi connectivity index (χ3n) is 3.41. The molecule has 0 aliphatic heterocycles. The van der Waals surface area contributed by atoms with Gasteiger partial charge in [-0.05, 0) is 17.7 Å². The monoisotopic (exact) mass is 351 g/mol. The number of ether oxygens (including phenoxy) is 2. The number of benzene rings is 2. The van der Waals surface area contributed by atoms with Crippen molar-refractivity contribution in [3.63, 3.8) is 0 Å². The van der Waals surface area contributed by atoms with Gasteiger partial charge in [-0.15, -0.1) is 0 Å². The van der Waals surface area contributed by atoms with Gasteiger partial charge < -0.3 is 9.47 Å². The van der Waals surface area contributed by atoms with Crippen LogP contribution in [-0.4, -0.2) is 28.5 Å². The zero-order chi connectivity index (χ0) is 18.2. The van der Waals surface area contributed by atoms with Crippen molar-refractivity contribution in [1.82, 2.24) is 15.2 Å². The maximum atomic E-state index is 11.1. The third-order valence-corrected chi connectivity index (χ3v) is 3.41. The second-order valence-electron chi connectivity index (χ2n) is 5.20. The van der Waals surface area contributed by atoms with Crippen LogP contribution in [0.1, 0.15) is 11.1 Å². The lowest BCUT2D eigenvalue weighted by molar-refractivity contribution is 0.284. The lowest BCUT2D eigenvalue weighted by atomic mass is 10.2. The molecule has 0 bridgehead atoms. The minimum absolute atomic E-state index is 0.236. The molecule has 2 N–H and O–H groups in total. The van der Waals surface area contributed by atoms with Gasteiger partial charge in [-0.25, -0.2) is 9.89 Å². The number of H-pyrrole nitrogens is 1. The number of hydrazone groups is 1. The molecule has 0 aliphatic rings. The van der Waals surface area contributed by atoms with E-state index in [1.165, 1.54) is 6.20 Å². The summed E-state index contributed by atoms with van der Waals surface area (Å²) in [6.45, 7) is 0.398. The first-order valence-corrected chi connectivity index (χ1v) is 7.81. The van der Waals surface area contributed by atoms with Crippen LogP contribution in [0.5, 0.6) is 11.5 Å². The molecule has 1 heterocycles. The fourth-order valence-corrected chi connectivity index (χ4v) is 2.21. The molecular weight excluding hydrogens is 334 g/mol. The predicted octanol–water partition coefficient (Wildman–Crippen LogP) is 2.20. The molecule has 26 heavy (non-hydrogen) atoms. The number of nitrogens with one attached hydrogen (secondary N) is 2. The number of para-hydroxylation sites is 1. The van der Waals surface area contributed by atoms with Crippen LogP contribution in [0.15, 0.2) is 64.6 Å². The van der Waals surface area contributed by atoms with Crippen LogP contribution >= 0.6 is 0 Å². The van der Waals surface area contributed by atoms with E-state index >= 15 is 0 Å². The number of methoxy groups -OCH3 is 1. The van der Waals surface area contributed by atoms with Crippen LogP contribution in [0.4, 0.5) is 5.82 Å². The molecule has 0 fully saturated rings. The van der Waals surface area contributed by atoms with Gasteiger partial charge in [0.15, 0.2) is 17.3 Å². The number of aromatic nitrogens is 3. The van der Waals surface area contributed by atoms with Gasteiger partial charge in [0.25, 0.3) is 0 Å². The largest absolute Gasteiger partial charge is 0.493 e. The number of aromatic amines is 1. The summed E-state index contributed by atoms with van der Waals surface area (Å²) in [5.74, 6) is 1.40. The molecule has 0 radical (unpaired) electrons. The molecule has 0 amide bonds. The van der Waals surface area contributed by atoms with Crippen LogP contribution < -0.4 is 20.6 Å². The van der Waals surface area contributed by atoms with Crippen molar-refractivity contribution < 1.29 is 9.47 Å².